The van der Waals surface area contributed by atoms with Gasteiger partial charge in [-0.25, -0.2) is 9.59 Å². The van der Waals surface area contributed by atoms with E-state index in [0.717, 1.165) is 5.56 Å². The lowest BCUT2D eigenvalue weighted by molar-refractivity contribution is -0.141. The Bertz CT molecular complexity index is 637. The Morgan fingerprint density at radius 3 is 1.92 bits per heavy atom. The maximum absolute atomic E-state index is 12.0. The van der Waals surface area contributed by atoms with Gasteiger partial charge in [-0.05, 0) is 23.1 Å². The van der Waals surface area contributed by atoms with Crippen molar-refractivity contribution in [3.05, 3.63) is 29.8 Å². The highest BCUT2D eigenvalue weighted by Crippen LogP contribution is 2.23. The first kappa shape index (κ1) is 20.7. The molecule has 0 aliphatic carbocycles. The molecule has 138 valence electrons. The number of carboxylic acids is 1. The molecule has 0 heterocycles. The smallest absolute Gasteiger partial charge is 0.326 e. The average Bonchev–Trinajstić information content (AvgIpc) is 2.44. The van der Waals surface area contributed by atoms with Gasteiger partial charge in [0.1, 0.15) is 11.8 Å². The first-order chi connectivity index (χ1) is 11.3. The van der Waals surface area contributed by atoms with E-state index >= 15 is 0 Å². The van der Waals surface area contributed by atoms with E-state index in [1.54, 1.807) is 32.9 Å². The lowest BCUT2D eigenvalue weighted by Crippen LogP contribution is -2.45. The van der Waals surface area contributed by atoms with Crippen molar-refractivity contribution in [3.8, 4) is 0 Å². The number of anilines is 1. The second-order valence-electron chi connectivity index (χ2n) is 8.19. The molecule has 0 saturated carbocycles. The molecule has 0 radical (unpaired) electrons. The fourth-order valence-corrected chi connectivity index (χ4v) is 2.07. The molecule has 1 atom stereocenters. The number of Topliss-reactive ketones (excluding diaryl/α,β-unsaturated/α-hetero) is 1. The first-order valence-electron chi connectivity index (χ1n) is 8.25. The van der Waals surface area contributed by atoms with Crippen LogP contribution in [0.15, 0.2) is 24.3 Å². The zero-order valence-corrected chi connectivity index (χ0v) is 15.8. The number of amides is 2. The van der Waals surface area contributed by atoms with Crippen LogP contribution in [-0.4, -0.2) is 28.9 Å². The zero-order chi connectivity index (χ0) is 19.4. The fraction of sp³-hybridized carbons (Fsp3) is 0.526. The van der Waals surface area contributed by atoms with Gasteiger partial charge in [0.15, 0.2) is 0 Å². The van der Waals surface area contributed by atoms with E-state index in [1.807, 2.05) is 12.1 Å². The monoisotopic (exact) mass is 348 g/mol. The molecule has 0 aromatic heterocycles. The van der Waals surface area contributed by atoms with Crippen molar-refractivity contribution in [2.24, 2.45) is 5.41 Å². The summed E-state index contributed by atoms with van der Waals surface area (Å²) in [4.78, 5) is 35.4. The Balaban J connectivity index is 2.72. The van der Waals surface area contributed by atoms with Gasteiger partial charge in [-0.15, -0.1) is 0 Å². The number of urea groups is 1. The predicted molar refractivity (Wildman–Crippen MR) is 97.8 cm³/mol. The van der Waals surface area contributed by atoms with Gasteiger partial charge in [-0.1, -0.05) is 53.7 Å². The molecule has 1 aromatic carbocycles. The lowest BCUT2D eigenvalue weighted by Gasteiger charge is -2.21. The molecule has 0 aliphatic heterocycles. The molecule has 2 amide bonds. The molecule has 0 bridgehead atoms. The van der Waals surface area contributed by atoms with Crippen molar-refractivity contribution in [2.45, 2.75) is 59.4 Å². The minimum atomic E-state index is -1.26. The topological polar surface area (TPSA) is 95.5 Å². The van der Waals surface area contributed by atoms with Crippen molar-refractivity contribution >= 4 is 23.5 Å². The minimum absolute atomic E-state index is 0.00249. The highest BCUT2D eigenvalue weighted by Gasteiger charge is 2.29. The summed E-state index contributed by atoms with van der Waals surface area (Å²) in [5.41, 5.74) is 1.02. The van der Waals surface area contributed by atoms with E-state index < -0.39 is 23.5 Å². The Kier molecular flexibility index (Phi) is 6.35. The van der Waals surface area contributed by atoms with Crippen molar-refractivity contribution < 1.29 is 19.5 Å². The Morgan fingerprint density at radius 1 is 1.00 bits per heavy atom. The number of hydrogen-bond acceptors (Lipinski definition) is 3. The van der Waals surface area contributed by atoms with E-state index in [2.05, 4.69) is 31.4 Å². The van der Waals surface area contributed by atoms with Crippen molar-refractivity contribution in [2.75, 3.05) is 5.32 Å². The standard InChI is InChI=1S/C19H28N2O4/c1-18(2,3)12-7-9-13(10-8-12)20-17(25)21-14(16(23)24)11-15(22)19(4,5)6/h7-10,14H,11H2,1-6H3,(H,23,24)(H2,20,21,25). The van der Waals surface area contributed by atoms with Crippen LogP contribution in [0.2, 0.25) is 0 Å². The summed E-state index contributed by atoms with van der Waals surface area (Å²) in [6, 6.07) is 5.42. The molecule has 1 rings (SSSR count). The van der Waals surface area contributed by atoms with Crippen LogP contribution in [0.5, 0.6) is 0 Å². The third kappa shape index (κ3) is 6.57. The van der Waals surface area contributed by atoms with Crippen LogP contribution in [0, 0.1) is 5.41 Å². The minimum Gasteiger partial charge on any atom is -0.480 e. The first-order valence-corrected chi connectivity index (χ1v) is 8.25. The van der Waals surface area contributed by atoms with Gasteiger partial charge in [0.2, 0.25) is 0 Å². The highest BCUT2D eigenvalue weighted by molar-refractivity contribution is 5.95. The highest BCUT2D eigenvalue weighted by atomic mass is 16.4. The molecular formula is C19H28N2O4. The predicted octanol–water partition coefficient (Wildman–Crippen LogP) is 3.56. The number of ketones is 1. The van der Waals surface area contributed by atoms with Gasteiger partial charge in [0, 0.05) is 17.5 Å². The molecule has 6 heteroatoms. The van der Waals surface area contributed by atoms with Gasteiger partial charge in [-0.3, -0.25) is 4.79 Å². The molecule has 0 saturated heterocycles. The average molecular weight is 348 g/mol. The summed E-state index contributed by atoms with van der Waals surface area (Å²) in [6.07, 6.45) is -0.255. The van der Waals surface area contributed by atoms with Crippen LogP contribution < -0.4 is 10.6 Å². The number of hydrogen-bond donors (Lipinski definition) is 3. The number of aliphatic carboxylic acids is 1. The molecule has 25 heavy (non-hydrogen) atoms. The lowest BCUT2D eigenvalue weighted by atomic mass is 9.87. The van der Waals surface area contributed by atoms with Crippen molar-refractivity contribution in [3.63, 3.8) is 0 Å². The number of carbonyl (C=O) groups is 3. The molecule has 0 fully saturated rings. The number of rotatable bonds is 5. The molecule has 0 spiro atoms. The van der Waals surface area contributed by atoms with Gasteiger partial charge in [0.25, 0.3) is 0 Å². The van der Waals surface area contributed by atoms with Crippen LogP contribution in [0.3, 0.4) is 0 Å². The largest absolute Gasteiger partial charge is 0.480 e. The zero-order valence-electron chi connectivity index (χ0n) is 15.8. The summed E-state index contributed by atoms with van der Waals surface area (Å²) in [7, 11) is 0. The Hall–Kier alpha value is -2.37. The molecule has 6 nitrogen and oxygen atoms in total. The number of carbonyl (C=O) groups excluding carboxylic acids is 2. The maximum atomic E-state index is 12.0. The number of nitrogens with one attached hydrogen (secondary N) is 2. The van der Waals surface area contributed by atoms with Crippen LogP contribution in [0.1, 0.15) is 53.5 Å². The maximum Gasteiger partial charge on any atom is 0.326 e. The van der Waals surface area contributed by atoms with Gasteiger partial charge < -0.3 is 15.7 Å². The van der Waals surface area contributed by atoms with Gasteiger partial charge in [0.05, 0.1) is 0 Å². The summed E-state index contributed by atoms with van der Waals surface area (Å²) in [5.74, 6) is -1.47. The molecular weight excluding hydrogens is 320 g/mol. The second-order valence-corrected chi connectivity index (χ2v) is 8.19. The molecule has 3 N–H and O–H groups in total. The van der Waals surface area contributed by atoms with Crippen LogP contribution in [0.4, 0.5) is 10.5 Å². The third-order valence-electron chi connectivity index (χ3n) is 3.84. The van der Waals surface area contributed by atoms with Crippen molar-refractivity contribution in [1.29, 1.82) is 0 Å². The summed E-state index contributed by atoms with van der Waals surface area (Å²) in [6.45, 7) is 11.4. The Labute approximate surface area is 149 Å². The van der Waals surface area contributed by atoms with Gasteiger partial charge in [-0.2, -0.15) is 0 Å². The summed E-state index contributed by atoms with van der Waals surface area (Å²) in [5, 5.41) is 14.2. The third-order valence-corrected chi connectivity index (χ3v) is 3.84. The van der Waals surface area contributed by atoms with Crippen LogP contribution >= 0.6 is 0 Å². The quantitative estimate of drug-likeness (QED) is 0.758. The van der Waals surface area contributed by atoms with E-state index in [1.165, 1.54) is 0 Å². The summed E-state index contributed by atoms with van der Waals surface area (Å²) >= 11 is 0. The number of carboxylic acid groups (broad SMARTS) is 1. The number of benzene rings is 1. The molecule has 1 unspecified atom stereocenters. The van der Waals surface area contributed by atoms with E-state index in [-0.39, 0.29) is 17.6 Å². The van der Waals surface area contributed by atoms with Crippen molar-refractivity contribution in [1.82, 2.24) is 5.32 Å². The van der Waals surface area contributed by atoms with E-state index in [9.17, 15) is 19.5 Å². The van der Waals surface area contributed by atoms with E-state index in [4.69, 9.17) is 0 Å². The van der Waals surface area contributed by atoms with Gasteiger partial charge >= 0.3 is 12.0 Å². The second kappa shape index (κ2) is 7.68. The fourth-order valence-electron chi connectivity index (χ4n) is 2.07. The SMILES string of the molecule is CC(C)(C)C(=O)CC(NC(=O)Nc1ccc(C(C)(C)C)cc1)C(=O)O. The Morgan fingerprint density at radius 2 is 1.52 bits per heavy atom. The van der Waals surface area contributed by atoms with Crippen LogP contribution in [-0.2, 0) is 15.0 Å². The van der Waals surface area contributed by atoms with Crippen LogP contribution in [0.25, 0.3) is 0 Å². The van der Waals surface area contributed by atoms with E-state index in [0.29, 0.717) is 5.69 Å². The molecule has 1 aromatic rings. The summed E-state index contributed by atoms with van der Waals surface area (Å²) < 4.78 is 0. The normalized spacial score (nSPS) is 13.0. The molecule has 0 aliphatic rings.